The fraction of sp³-hybridized carbons (Fsp3) is 0.524. The number of hydrogen-bond acceptors (Lipinski definition) is 6. The Morgan fingerprint density at radius 1 is 1.00 bits per heavy atom. The van der Waals surface area contributed by atoms with E-state index in [4.69, 9.17) is 9.47 Å². The first-order chi connectivity index (χ1) is 14.1. The van der Waals surface area contributed by atoms with Crippen molar-refractivity contribution < 1.29 is 33.8 Å². The van der Waals surface area contributed by atoms with E-state index in [0.717, 1.165) is 5.56 Å². The normalized spacial score (nSPS) is 13.6. The summed E-state index contributed by atoms with van der Waals surface area (Å²) < 4.78 is 10.00. The summed E-state index contributed by atoms with van der Waals surface area (Å²) >= 11 is 0. The Morgan fingerprint density at radius 3 is 2.17 bits per heavy atom. The molecule has 3 atom stereocenters. The molecule has 2 amide bonds. The predicted octanol–water partition coefficient (Wildman–Crippen LogP) is 2.10. The van der Waals surface area contributed by atoms with Crippen LogP contribution in [-0.4, -0.2) is 47.7 Å². The Hall–Kier alpha value is -3.10. The van der Waals surface area contributed by atoms with Crippen LogP contribution in [0.4, 0.5) is 4.79 Å². The standard InChI is InChI=1S/C21H30N2O7/c1-5-29-20(27)14(4)11-16(19(25)26)22-18(24)17(13(2)3)23-21(28)30-12-15-9-7-6-8-10-15/h6-10,13-14,16-17H,5,11-12H2,1-4H3,(H,22,24)(H,23,28)(H,25,26)/t14-,16+,17-/m0/s1. The minimum absolute atomic E-state index is 0.0356. The van der Waals surface area contributed by atoms with Crippen molar-refractivity contribution in [1.82, 2.24) is 10.6 Å². The Balaban J connectivity index is 2.70. The molecule has 0 unspecified atom stereocenters. The summed E-state index contributed by atoms with van der Waals surface area (Å²) in [6, 6.07) is 6.73. The summed E-state index contributed by atoms with van der Waals surface area (Å²) in [5, 5.41) is 14.3. The lowest BCUT2D eigenvalue weighted by Gasteiger charge is -2.24. The maximum atomic E-state index is 12.6. The number of carboxylic acids is 1. The first-order valence-electron chi connectivity index (χ1n) is 9.82. The molecule has 0 aliphatic rings. The van der Waals surface area contributed by atoms with E-state index in [1.165, 1.54) is 6.92 Å². The Bertz CT molecular complexity index is 721. The average molecular weight is 422 g/mol. The van der Waals surface area contributed by atoms with Gasteiger partial charge in [0.15, 0.2) is 0 Å². The highest BCUT2D eigenvalue weighted by Crippen LogP contribution is 2.11. The lowest BCUT2D eigenvalue weighted by atomic mass is 9.99. The molecule has 0 radical (unpaired) electrons. The maximum absolute atomic E-state index is 12.6. The zero-order valence-corrected chi connectivity index (χ0v) is 17.7. The summed E-state index contributed by atoms with van der Waals surface area (Å²) in [4.78, 5) is 48.0. The third-order valence-electron chi connectivity index (χ3n) is 4.33. The summed E-state index contributed by atoms with van der Waals surface area (Å²) in [6.07, 6.45) is -0.928. The molecule has 1 aromatic carbocycles. The van der Waals surface area contributed by atoms with Gasteiger partial charge in [-0.05, 0) is 24.8 Å². The van der Waals surface area contributed by atoms with Crippen LogP contribution >= 0.6 is 0 Å². The van der Waals surface area contributed by atoms with Crippen LogP contribution in [0.2, 0.25) is 0 Å². The van der Waals surface area contributed by atoms with Crippen molar-refractivity contribution in [3.63, 3.8) is 0 Å². The molecule has 1 aromatic rings. The molecule has 30 heavy (non-hydrogen) atoms. The van der Waals surface area contributed by atoms with Gasteiger partial charge in [-0.2, -0.15) is 0 Å². The minimum atomic E-state index is -1.31. The third kappa shape index (κ3) is 8.50. The van der Waals surface area contributed by atoms with Gasteiger partial charge < -0.3 is 25.2 Å². The molecule has 0 saturated heterocycles. The number of ether oxygens (including phenoxy) is 2. The van der Waals surface area contributed by atoms with Crippen molar-refractivity contribution in [2.24, 2.45) is 11.8 Å². The van der Waals surface area contributed by atoms with Crippen LogP contribution in [0.5, 0.6) is 0 Å². The van der Waals surface area contributed by atoms with Gasteiger partial charge in [0.05, 0.1) is 12.5 Å². The van der Waals surface area contributed by atoms with E-state index in [1.807, 2.05) is 18.2 Å². The molecule has 9 nitrogen and oxygen atoms in total. The zero-order chi connectivity index (χ0) is 22.7. The van der Waals surface area contributed by atoms with E-state index in [-0.39, 0.29) is 25.6 Å². The smallest absolute Gasteiger partial charge is 0.408 e. The van der Waals surface area contributed by atoms with Crippen LogP contribution < -0.4 is 10.6 Å². The lowest BCUT2D eigenvalue weighted by molar-refractivity contribution is -0.149. The minimum Gasteiger partial charge on any atom is -0.480 e. The molecule has 0 aliphatic carbocycles. The van der Waals surface area contributed by atoms with Crippen LogP contribution in [0.3, 0.4) is 0 Å². The molecule has 0 fully saturated rings. The fourth-order valence-corrected chi connectivity index (χ4v) is 2.64. The second-order valence-corrected chi connectivity index (χ2v) is 7.22. The van der Waals surface area contributed by atoms with Gasteiger partial charge in [0.1, 0.15) is 18.7 Å². The molecule has 0 bridgehead atoms. The highest BCUT2D eigenvalue weighted by atomic mass is 16.5. The number of carboxylic acid groups (broad SMARTS) is 1. The van der Waals surface area contributed by atoms with Crippen molar-refractivity contribution in [2.45, 2.75) is 52.8 Å². The molecule has 0 heterocycles. The summed E-state index contributed by atoms with van der Waals surface area (Å²) in [6.45, 7) is 6.80. The van der Waals surface area contributed by atoms with Gasteiger partial charge in [0.25, 0.3) is 0 Å². The van der Waals surface area contributed by atoms with Crippen molar-refractivity contribution in [3.8, 4) is 0 Å². The van der Waals surface area contributed by atoms with Gasteiger partial charge >= 0.3 is 18.0 Å². The van der Waals surface area contributed by atoms with Crippen molar-refractivity contribution >= 4 is 23.9 Å². The lowest BCUT2D eigenvalue weighted by Crippen LogP contribution is -2.54. The first kappa shape index (κ1) is 24.9. The van der Waals surface area contributed by atoms with Crippen molar-refractivity contribution in [3.05, 3.63) is 35.9 Å². The summed E-state index contributed by atoms with van der Waals surface area (Å²) in [5.41, 5.74) is 0.789. The van der Waals surface area contributed by atoms with Crippen LogP contribution in [0.25, 0.3) is 0 Å². The highest BCUT2D eigenvalue weighted by Gasteiger charge is 2.31. The second-order valence-electron chi connectivity index (χ2n) is 7.22. The monoisotopic (exact) mass is 422 g/mol. The first-order valence-corrected chi connectivity index (χ1v) is 9.82. The van der Waals surface area contributed by atoms with Crippen LogP contribution in [0.15, 0.2) is 30.3 Å². The van der Waals surface area contributed by atoms with Gasteiger partial charge in [-0.25, -0.2) is 9.59 Å². The molecule has 0 aliphatic heterocycles. The van der Waals surface area contributed by atoms with Gasteiger partial charge in [0.2, 0.25) is 5.91 Å². The molecule has 1 rings (SSSR count). The third-order valence-corrected chi connectivity index (χ3v) is 4.33. The molecular weight excluding hydrogens is 392 g/mol. The van der Waals surface area contributed by atoms with Gasteiger partial charge in [-0.15, -0.1) is 0 Å². The molecule has 0 spiro atoms. The number of aliphatic carboxylic acids is 1. The second kappa shape index (κ2) is 12.5. The van der Waals surface area contributed by atoms with Crippen LogP contribution in [-0.2, 0) is 30.5 Å². The molecule has 3 N–H and O–H groups in total. The number of rotatable bonds is 11. The quantitative estimate of drug-likeness (QED) is 0.465. The zero-order valence-electron chi connectivity index (χ0n) is 17.7. The molecule has 166 valence electrons. The van der Waals surface area contributed by atoms with Crippen LogP contribution in [0, 0.1) is 11.8 Å². The van der Waals surface area contributed by atoms with Gasteiger partial charge in [-0.1, -0.05) is 51.1 Å². The summed E-state index contributed by atoms with van der Waals surface area (Å²) in [7, 11) is 0. The number of esters is 1. The largest absolute Gasteiger partial charge is 0.480 e. The molecule has 9 heteroatoms. The number of nitrogens with one attached hydrogen (secondary N) is 2. The number of benzene rings is 1. The van der Waals surface area contributed by atoms with E-state index >= 15 is 0 Å². The van der Waals surface area contributed by atoms with E-state index < -0.39 is 41.9 Å². The number of hydrogen-bond donors (Lipinski definition) is 3. The number of carbonyl (C=O) groups is 4. The molecule has 0 aromatic heterocycles. The highest BCUT2D eigenvalue weighted by molar-refractivity contribution is 5.89. The predicted molar refractivity (Wildman–Crippen MR) is 108 cm³/mol. The Kier molecular flexibility index (Phi) is 10.4. The Labute approximate surface area is 176 Å². The van der Waals surface area contributed by atoms with E-state index in [2.05, 4.69) is 10.6 Å². The van der Waals surface area contributed by atoms with Crippen LogP contribution in [0.1, 0.15) is 39.7 Å². The average Bonchev–Trinajstić information content (AvgIpc) is 2.70. The van der Waals surface area contributed by atoms with Gasteiger partial charge in [-0.3, -0.25) is 9.59 Å². The van der Waals surface area contributed by atoms with Crippen molar-refractivity contribution in [1.29, 1.82) is 0 Å². The summed E-state index contributed by atoms with van der Waals surface area (Å²) in [5.74, 6) is -3.54. The Morgan fingerprint density at radius 2 is 1.63 bits per heavy atom. The van der Waals surface area contributed by atoms with Gasteiger partial charge in [0, 0.05) is 0 Å². The van der Waals surface area contributed by atoms with E-state index in [9.17, 15) is 24.3 Å². The number of amides is 2. The fourth-order valence-electron chi connectivity index (χ4n) is 2.64. The molecule has 0 saturated carbocycles. The topological polar surface area (TPSA) is 131 Å². The van der Waals surface area contributed by atoms with E-state index in [0.29, 0.717) is 0 Å². The van der Waals surface area contributed by atoms with Crippen molar-refractivity contribution in [2.75, 3.05) is 6.61 Å². The van der Waals surface area contributed by atoms with E-state index in [1.54, 1.807) is 32.9 Å². The number of alkyl carbamates (subject to hydrolysis) is 1. The SMILES string of the molecule is CCOC(=O)[C@@H](C)C[C@@H](NC(=O)[C@@H](NC(=O)OCc1ccccc1)C(C)C)C(=O)O. The maximum Gasteiger partial charge on any atom is 0.408 e. The number of carbonyl (C=O) groups excluding carboxylic acids is 3. The molecular formula is C21H30N2O7.